The van der Waals surface area contributed by atoms with Crippen LogP contribution in [0.4, 0.5) is 0 Å². The number of thiophene rings is 1. The molecule has 57 heavy (non-hydrogen) atoms. The quantitative estimate of drug-likeness (QED) is 0.176. The maximum atomic E-state index is 6.28. The second-order valence-electron chi connectivity index (χ2n) is 14.3. The Kier molecular flexibility index (Phi) is 7.03. The summed E-state index contributed by atoms with van der Waals surface area (Å²) in [7, 11) is 0. The predicted octanol–water partition coefficient (Wildman–Crippen LogP) is 13.9. The second kappa shape index (κ2) is 12.6. The van der Waals surface area contributed by atoms with Crippen molar-refractivity contribution in [3.8, 4) is 51.0 Å². The molecule has 12 aromatic rings. The van der Waals surface area contributed by atoms with Crippen LogP contribution in [0.5, 0.6) is 0 Å². The molecule has 0 saturated heterocycles. The molecule has 0 spiro atoms. The molecule has 0 bridgehead atoms. The first-order chi connectivity index (χ1) is 28.3. The normalized spacial score (nSPS) is 11.9. The number of furan rings is 1. The van der Waals surface area contributed by atoms with Gasteiger partial charge in [0.15, 0.2) is 17.5 Å². The molecule has 0 N–H and O–H groups in total. The molecule has 0 unspecified atom stereocenters. The highest BCUT2D eigenvalue weighted by molar-refractivity contribution is 7.26. The lowest BCUT2D eigenvalue weighted by Crippen LogP contribution is -2.00. The van der Waals surface area contributed by atoms with Gasteiger partial charge in [-0.2, -0.15) is 0 Å². The summed E-state index contributed by atoms with van der Waals surface area (Å²) >= 11 is 1.79. The van der Waals surface area contributed by atoms with Gasteiger partial charge in [-0.15, -0.1) is 11.3 Å². The second-order valence-corrected chi connectivity index (χ2v) is 15.4. The van der Waals surface area contributed by atoms with E-state index in [-0.39, 0.29) is 0 Å². The van der Waals surface area contributed by atoms with Crippen LogP contribution in [-0.2, 0) is 0 Å². The van der Waals surface area contributed by atoms with Crippen LogP contribution >= 0.6 is 11.3 Å². The number of benzene rings is 8. The molecule has 266 valence electrons. The highest BCUT2D eigenvalue weighted by atomic mass is 32.1. The van der Waals surface area contributed by atoms with Gasteiger partial charge in [0, 0.05) is 64.1 Å². The summed E-state index contributed by atoms with van der Waals surface area (Å²) in [6.45, 7) is 0. The summed E-state index contributed by atoms with van der Waals surface area (Å²) in [5.74, 6) is 1.87. The van der Waals surface area contributed by atoms with E-state index in [1.807, 2.05) is 48.5 Å². The van der Waals surface area contributed by atoms with Crippen LogP contribution in [0.25, 0.3) is 115 Å². The number of hydrogen-bond donors (Lipinski definition) is 0. The van der Waals surface area contributed by atoms with Crippen LogP contribution in [0.2, 0.25) is 0 Å². The number of rotatable bonds is 5. The van der Waals surface area contributed by atoms with Crippen LogP contribution in [0.3, 0.4) is 0 Å². The minimum absolute atomic E-state index is 0.609. The Labute approximate surface area is 330 Å². The summed E-state index contributed by atoms with van der Waals surface area (Å²) in [4.78, 5) is 15.6. The number of para-hydroxylation sites is 3. The average molecular weight is 747 g/mol. The molecule has 8 aromatic carbocycles. The van der Waals surface area contributed by atoms with E-state index in [1.54, 1.807) is 11.3 Å². The van der Waals surface area contributed by atoms with E-state index in [9.17, 15) is 0 Å². The first-order valence-corrected chi connectivity index (χ1v) is 19.8. The van der Waals surface area contributed by atoms with Gasteiger partial charge in [0.05, 0.1) is 11.0 Å². The van der Waals surface area contributed by atoms with Crippen molar-refractivity contribution in [1.29, 1.82) is 0 Å². The van der Waals surface area contributed by atoms with E-state index in [0.717, 1.165) is 49.0 Å². The Hall–Kier alpha value is -7.41. The molecule has 5 nitrogen and oxygen atoms in total. The van der Waals surface area contributed by atoms with E-state index < -0.39 is 0 Å². The third-order valence-corrected chi connectivity index (χ3v) is 12.3. The Morgan fingerprint density at radius 2 is 1.04 bits per heavy atom. The Morgan fingerprint density at radius 1 is 0.404 bits per heavy atom. The zero-order valence-electron chi connectivity index (χ0n) is 30.4. The minimum Gasteiger partial charge on any atom is -0.456 e. The summed E-state index contributed by atoms with van der Waals surface area (Å²) in [6, 6.07) is 63.8. The summed E-state index contributed by atoms with van der Waals surface area (Å²) in [5, 5.41) is 6.92. The SMILES string of the molecule is c1ccc(-c2nc(-c3cccc4c3sc3cccc(-c5ccc6c(c5)c5ccccc5n6-c5ccccc5)c34)nc(-c3cccc4oc5ccccc5c34)n2)cc1. The Morgan fingerprint density at radius 3 is 1.91 bits per heavy atom. The van der Waals surface area contributed by atoms with Gasteiger partial charge < -0.3 is 8.98 Å². The van der Waals surface area contributed by atoms with Crippen molar-refractivity contribution in [3.05, 3.63) is 182 Å². The maximum absolute atomic E-state index is 6.28. The molecule has 12 rings (SSSR count). The molecule has 0 amide bonds. The number of fused-ring (bicyclic) bond motifs is 9. The number of nitrogens with zero attached hydrogens (tertiary/aromatic N) is 4. The highest BCUT2D eigenvalue weighted by Crippen LogP contribution is 2.45. The fourth-order valence-corrected chi connectivity index (χ4v) is 9.79. The topological polar surface area (TPSA) is 56.7 Å². The first kappa shape index (κ1) is 31.9. The molecular formula is C51H30N4OS. The molecule has 6 heteroatoms. The van der Waals surface area contributed by atoms with Gasteiger partial charge in [0.25, 0.3) is 0 Å². The molecule has 0 fully saturated rings. The van der Waals surface area contributed by atoms with E-state index >= 15 is 0 Å². The van der Waals surface area contributed by atoms with Crippen LogP contribution < -0.4 is 0 Å². The molecule has 0 aliphatic carbocycles. The van der Waals surface area contributed by atoms with E-state index in [0.29, 0.717) is 17.5 Å². The summed E-state index contributed by atoms with van der Waals surface area (Å²) in [5.41, 5.74) is 10.4. The number of aromatic nitrogens is 4. The van der Waals surface area contributed by atoms with Crippen molar-refractivity contribution >= 4 is 75.3 Å². The van der Waals surface area contributed by atoms with Crippen molar-refractivity contribution in [2.24, 2.45) is 0 Å². The molecular weight excluding hydrogens is 717 g/mol. The van der Waals surface area contributed by atoms with Gasteiger partial charge in [-0.25, -0.2) is 15.0 Å². The fourth-order valence-electron chi connectivity index (χ4n) is 8.55. The van der Waals surface area contributed by atoms with Crippen molar-refractivity contribution in [1.82, 2.24) is 19.5 Å². The van der Waals surface area contributed by atoms with Gasteiger partial charge in [0.1, 0.15) is 11.2 Å². The fraction of sp³-hybridized carbons (Fsp3) is 0. The third-order valence-electron chi connectivity index (χ3n) is 11.1. The standard InChI is InChI=1S/C51H30N4OS/c1-3-14-31(15-4-1)49-52-50(38-22-12-26-44-46(38)36-19-8-10-25-43(36)56-44)54-51(53-49)39-23-11-21-37-47-34(20-13-27-45(47)57-48(37)39)32-28-29-42-40(30-32)35-18-7-9-24-41(35)55(42)33-16-5-2-6-17-33/h1-30H. The van der Waals surface area contributed by atoms with E-state index in [2.05, 4.69) is 138 Å². The van der Waals surface area contributed by atoms with E-state index in [1.165, 1.54) is 48.4 Å². The lowest BCUT2D eigenvalue weighted by Gasteiger charge is -2.10. The monoisotopic (exact) mass is 746 g/mol. The zero-order chi connectivity index (χ0) is 37.5. The average Bonchev–Trinajstić information content (AvgIpc) is 3.96. The zero-order valence-corrected chi connectivity index (χ0v) is 31.2. The van der Waals surface area contributed by atoms with Crippen molar-refractivity contribution in [3.63, 3.8) is 0 Å². The molecule has 4 aromatic heterocycles. The van der Waals surface area contributed by atoms with Crippen LogP contribution in [0, 0.1) is 0 Å². The minimum atomic E-state index is 0.609. The maximum Gasteiger partial charge on any atom is 0.165 e. The first-order valence-electron chi connectivity index (χ1n) is 19.0. The summed E-state index contributed by atoms with van der Waals surface area (Å²) in [6.07, 6.45) is 0. The largest absolute Gasteiger partial charge is 0.456 e. The van der Waals surface area contributed by atoms with Crippen LogP contribution in [0.1, 0.15) is 0 Å². The lowest BCUT2D eigenvalue weighted by molar-refractivity contribution is 0.669. The lowest BCUT2D eigenvalue weighted by atomic mass is 9.97. The van der Waals surface area contributed by atoms with Gasteiger partial charge in [-0.3, -0.25) is 0 Å². The van der Waals surface area contributed by atoms with Gasteiger partial charge in [0.2, 0.25) is 0 Å². The van der Waals surface area contributed by atoms with Crippen LogP contribution in [-0.4, -0.2) is 19.5 Å². The Balaban J connectivity index is 1.07. The summed E-state index contributed by atoms with van der Waals surface area (Å²) < 4.78 is 11.0. The molecule has 0 atom stereocenters. The molecule has 0 aliphatic heterocycles. The van der Waals surface area contributed by atoms with Gasteiger partial charge in [-0.05, 0) is 65.7 Å². The van der Waals surface area contributed by atoms with E-state index in [4.69, 9.17) is 19.4 Å². The molecule has 0 saturated carbocycles. The molecule has 4 heterocycles. The van der Waals surface area contributed by atoms with Gasteiger partial charge >= 0.3 is 0 Å². The van der Waals surface area contributed by atoms with Gasteiger partial charge in [-0.1, -0.05) is 127 Å². The molecule has 0 radical (unpaired) electrons. The van der Waals surface area contributed by atoms with Crippen molar-refractivity contribution in [2.75, 3.05) is 0 Å². The smallest absolute Gasteiger partial charge is 0.165 e. The predicted molar refractivity (Wildman–Crippen MR) is 236 cm³/mol. The van der Waals surface area contributed by atoms with Crippen molar-refractivity contribution in [2.45, 2.75) is 0 Å². The highest BCUT2D eigenvalue weighted by Gasteiger charge is 2.21. The Bertz CT molecular complexity index is 3530. The van der Waals surface area contributed by atoms with Crippen molar-refractivity contribution < 1.29 is 4.42 Å². The molecule has 0 aliphatic rings. The van der Waals surface area contributed by atoms with Crippen LogP contribution in [0.15, 0.2) is 186 Å². The number of hydrogen-bond acceptors (Lipinski definition) is 5. The third kappa shape index (κ3) is 4.98.